The SMILES string of the molecule is COC(=O)C1=C(C(=O)[O-])C2C=CC1C2. The molecule has 0 aromatic rings. The Bertz CT molecular complexity index is 364. The predicted molar refractivity (Wildman–Crippen MR) is 44.8 cm³/mol. The Morgan fingerprint density at radius 1 is 1.36 bits per heavy atom. The zero-order chi connectivity index (χ0) is 10.3. The largest absolute Gasteiger partial charge is 0.545 e. The molecule has 2 unspecified atom stereocenters. The van der Waals surface area contributed by atoms with Crippen molar-refractivity contribution in [1.29, 1.82) is 0 Å². The van der Waals surface area contributed by atoms with Crippen molar-refractivity contribution >= 4 is 11.9 Å². The van der Waals surface area contributed by atoms with Crippen LogP contribution in [0.1, 0.15) is 6.42 Å². The van der Waals surface area contributed by atoms with Crippen molar-refractivity contribution in [2.75, 3.05) is 7.11 Å². The molecule has 4 heteroatoms. The normalized spacial score (nSPS) is 28.4. The second-order valence-electron chi connectivity index (χ2n) is 3.44. The maximum Gasteiger partial charge on any atom is 0.334 e. The molecule has 0 aromatic carbocycles. The van der Waals surface area contributed by atoms with Crippen LogP contribution in [0.2, 0.25) is 0 Å². The Kier molecular flexibility index (Phi) is 1.91. The van der Waals surface area contributed by atoms with Crippen molar-refractivity contribution < 1.29 is 19.4 Å². The van der Waals surface area contributed by atoms with Gasteiger partial charge in [-0.3, -0.25) is 0 Å². The van der Waals surface area contributed by atoms with Crippen molar-refractivity contribution in [1.82, 2.24) is 0 Å². The standard InChI is InChI=1S/C10H10O4/c1-14-10(13)8-6-3-2-5(4-6)7(8)9(11)12/h2-3,5-6H,4H2,1H3,(H,11,12)/p-1. The first-order valence-electron chi connectivity index (χ1n) is 4.37. The van der Waals surface area contributed by atoms with E-state index in [2.05, 4.69) is 4.74 Å². The molecule has 0 aromatic heterocycles. The summed E-state index contributed by atoms with van der Waals surface area (Å²) < 4.78 is 4.55. The molecule has 0 radical (unpaired) electrons. The van der Waals surface area contributed by atoms with Gasteiger partial charge in [0.05, 0.1) is 13.1 Å². The van der Waals surface area contributed by atoms with Crippen LogP contribution in [0.15, 0.2) is 23.3 Å². The van der Waals surface area contributed by atoms with Gasteiger partial charge in [0.2, 0.25) is 0 Å². The molecule has 14 heavy (non-hydrogen) atoms. The lowest BCUT2D eigenvalue weighted by Gasteiger charge is -2.14. The quantitative estimate of drug-likeness (QED) is 0.434. The van der Waals surface area contributed by atoms with Crippen molar-refractivity contribution in [3.05, 3.63) is 23.3 Å². The molecule has 0 saturated carbocycles. The van der Waals surface area contributed by atoms with Gasteiger partial charge in [0.25, 0.3) is 0 Å². The molecule has 0 heterocycles. The van der Waals surface area contributed by atoms with Crippen LogP contribution in [0.4, 0.5) is 0 Å². The highest BCUT2D eigenvalue weighted by Gasteiger charge is 2.39. The van der Waals surface area contributed by atoms with E-state index < -0.39 is 11.9 Å². The number of allylic oxidation sites excluding steroid dienone is 2. The zero-order valence-corrected chi connectivity index (χ0v) is 7.65. The van der Waals surface area contributed by atoms with E-state index in [0.29, 0.717) is 6.42 Å². The minimum atomic E-state index is -1.26. The summed E-state index contributed by atoms with van der Waals surface area (Å²) >= 11 is 0. The summed E-state index contributed by atoms with van der Waals surface area (Å²) in [5.74, 6) is -2.08. The number of carbonyl (C=O) groups is 2. The number of carboxylic acids is 1. The predicted octanol–water partition coefficient (Wildman–Crippen LogP) is -0.588. The van der Waals surface area contributed by atoms with Gasteiger partial charge in [-0.05, 0) is 12.0 Å². The first kappa shape index (κ1) is 8.99. The summed E-state index contributed by atoms with van der Waals surface area (Å²) in [6.45, 7) is 0. The van der Waals surface area contributed by atoms with Crippen LogP contribution in [0.25, 0.3) is 0 Å². The molecule has 2 aliphatic carbocycles. The summed E-state index contributed by atoms with van der Waals surface area (Å²) in [6.07, 6.45) is 4.32. The fourth-order valence-corrected chi connectivity index (χ4v) is 2.16. The molecule has 0 amide bonds. The summed E-state index contributed by atoms with van der Waals surface area (Å²) in [6, 6.07) is 0. The average Bonchev–Trinajstić information content (AvgIpc) is 2.74. The lowest BCUT2D eigenvalue weighted by Crippen LogP contribution is -2.29. The van der Waals surface area contributed by atoms with Crippen molar-refractivity contribution in [3.63, 3.8) is 0 Å². The van der Waals surface area contributed by atoms with Crippen LogP contribution >= 0.6 is 0 Å². The van der Waals surface area contributed by atoms with E-state index in [-0.39, 0.29) is 23.0 Å². The van der Waals surface area contributed by atoms with E-state index >= 15 is 0 Å². The number of fused-ring (bicyclic) bond motifs is 2. The monoisotopic (exact) mass is 193 g/mol. The zero-order valence-electron chi connectivity index (χ0n) is 7.65. The second-order valence-corrected chi connectivity index (χ2v) is 3.44. The number of hydrogen-bond acceptors (Lipinski definition) is 4. The van der Waals surface area contributed by atoms with E-state index in [1.807, 2.05) is 12.2 Å². The third kappa shape index (κ3) is 1.07. The Balaban J connectivity index is 2.43. The molecule has 2 bridgehead atoms. The van der Waals surface area contributed by atoms with Crippen LogP contribution < -0.4 is 5.11 Å². The van der Waals surface area contributed by atoms with Crippen molar-refractivity contribution in [2.24, 2.45) is 11.8 Å². The summed E-state index contributed by atoms with van der Waals surface area (Å²) in [5.41, 5.74) is 0.365. The third-order valence-corrected chi connectivity index (χ3v) is 2.74. The molecule has 0 N–H and O–H groups in total. The average molecular weight is 193 g/mol. The highest BCUT2D eigenvalue weighted by atomic mass is 16.5. The van der Waals surface area contributed by atoms with Crippen LogP contribution in [-0.4, -0.2) is 19.0 Å². The number of carboxylic acid groups (broad SMARTS) is 1. The fraction of sp³-hybridized carbons (Fsp3) is 0.400. The molecule has 4 nitrogen and oxygen atoms in total. The first-order valence-corrected chi connectivity index (χ1v) is 4.37. The molecule has 2 atom stereocenters. The number of carbonyl (C=O) groups excluding carboxylic acids is 2. The van der Waals surface area contributed by atoms with E-state index in [0.717, 1.165) is 0 Å². The number of methoxy groups -OCH3 is 1. The third-order valence-electron chi connectivity index (χ3n) is 2.74. The molecular weight excluding hydrogens is 184 g/mol. The van der Waals surface area contributed by atoms with Gasteiger partial charge in [-0.15, -0.1) is 0 Å². The lowest BCUT2D eigenvalue weighted by atomic mass is 9.97. The lowest BCUT2D eigenvalue weighted by molar-refractivity contribution is -0.299. The Morgan fingerprint density at radius 2 is 1.93 bits per heavy atom. The number of aliphatic carboxylic acids is 1. The van der Waals surface area contributed by atoms with E-state index in [9.17, 15) is 14.7 Å². The Labute approximate surface area is 80.9 Å². The summed E-state index contributed by atoms with van der Waals surface area (Å²) in [4.78, 5) is 22.1. The molecule has 0 saturated heterocycles. The number of rotatable bonds is 2. The molecule has 0 aliphatic heterocycles. The van der Waals surface area contributed by atoms with Crippen LogP contribution in [-0.2, 0) is 14.3 Å². The first-order chi connectivity index (χ1) is 6.65. The summed E-state index contributed by atoms with van der Waals surface area (Å²) in [7, 11) is 1.25. The maximum absolute atomic E-state index is 11.3. The fourth-order valence-electron chi connectivity index (χ4n) is 2.16. The number of esters is 1. The molecule has 74 valence electrons. The minimum absolute atomic E-state index is 0.0969. The minimum Gasteiger partial charge on any atom is -0.545 e. The molecule has 2 aliphatic rings. The van der Waals surface area contributed by atoms with Gasteiger partial charge in [0, 0.05) is 17.4 Å². The van der Waals surface area contributed by atoms with Crippen molar-refractivity contribution in [2.45, 2.75) is 6.42 Å². The molecule has 0 spiro atoms. The summed E-state index contributed by atoms with van der Waals surface area (Å²) in [5, 5.41) is 10.8. The molecule has 0 fully saturated rings. The Hall–Kier alpha value is -1.58. The van der Waals surface area contributed by atoms with E-state index in [4.69, 9.17) is 0 Å². The van der Waals surface area contributed by atoms with Gasteiger partial charge in [-0.1, -0.05) is 12.2 Å². The van der Waals surface area contributed by atoms with E-state index in [1.165, 1.54) is 7.11 Å². The second kappa shape index (κ2) is 2.97. The van der Waals surface area contributed by atoms with Crippen LogP contribution in [0.3, 0.4) is 0 Å². The molecular formula is C10H9O4-. The molecule has 2 rings (SSSR count). The van der Waals surface area contributed by atoms with Crippen molar-refractivity contribution in [3.8, 4) is 0 Å². The van der Waals surface area contributed by atoms with Crippen LogP contribution in [0.5, 0.6) is 0 Å². The van der Waals surface area contributed by atoms with Gasteiger partial charge in [-0.25, -0.2) is 4.79 Å². The van der Waals surface area contributed by atoms with Gasteiger partial charge in [0.1, 0.15) is 0 Å². The Morgan fingerprint density at radius 3 is 2.43 bits per heavy atom. The number of hydrogen-bond donors (Lipinski definition) is 0. The highest BCUT2D eigenvalue weighted by molar-refractivity contribution is 6.01. The van der Waals surface area contributed by atoms with Gasteiger partial charge in [-0.2, -0.15) is 0 Å². The topological polar surface area (TPSA) is 66.4 Å². The van der Waals surface area contributed by atoms with Gasteiger partial charge in [0.15, 0.2) is 0 Å². The van der Waals surface area contributed by atoms with E-state index in [1.54, 1.807) is 0 Å². The smallest absolute Gasteiger partial charge is 0.334 e. The van der Waals surface area contributed by atoms with Gasteiger partial charge < -0.3 is 14.6 Å². The number of ether oxygens (including phenoxy) is 1. The maximum atomic E-state index is 11.3. The highest BCUT2D eigenvalue weighted by Crippen LogP contribution is 2.43. The van der Waals surface area contributed by atoms with Gasteiger partial charge >= 0.3 is 5.97 Å². The van der Waals surface area contributed by atoms with Crippen LogP contribution in [0, 0.1) is 11.8 Å².